The van der Waals surface area contributed by atoms with Crippen LogP contribution >= 0.6 is 0 Å². The minimum Gasteiger partial charge on any atom is -0.504 e. The van der Waals surface area contributed by atoms with Crippen molar-refractivity contribution in [2.24, 2.45) is 5.92 Å². The number of nitrogens with one attached hydrogen (secondary N) is 1. The van der Waals surface area contributed by atoms with Crippen LogP contribution in [-0.4, -0.2) is 26.7 Å². The molecule has 0 amide bonds. The zero-order valence-electron chi connectivity index (χ0n) is 12.6. The number of nitrogens with zero attached hydrogens (tertiary/aromatic N) is 2. The highest BCUT2D eigenvalue weighted by Crippen LogP contribution is 2.29. The van der Waals surface area contributed by atoms with Gasteiger partial charge in [0, 0.05) is 17.8 Å². The van der Waals surface area contributed by atoms with E-state index in [2.05, 4.69) is 29.1 Å². The van der Waals surface area contributed by atoms with E-state index in [4.69, 9.17) is 0 Å². The molecule has 0 saturated carbocycles. The normalized spacial score (nSPS) is 11.0. The third-order valence-corrected chi connectivity index (χ3v) is 3.00. The summed E-state index contributed by atoms with van der Waals surface area (Å²) >= 11 is 0. The molecule has 0 spiro atoms. The Bertz CT molecular complexity index is 627. The maximum atomic E-state index is 9.58. The van der Waals surface area contributed by atoms with E-state index in [0.717, 1.165) is 17.9 Å². The summed E-state index contributed by atoms with van der Waals surface area (Å²) in [5, 5.41) is 22.3. The molecule has 0 fully saturated rings. The monoisotopic (exact) mass is 287 g/mol. The molecule has 2 rings (SSSR count). The van der Waals surface area contributed by atoms with E-state index < -0.39 is 0 Å². The van der Waals surface area contributed by atoms with E-state index in [9.17, 15) is 10.2 Å². The first-order chi connectivity index (χ1) is 9.95. The minimum absolute atomic E-state index is 0.148. The van der Waals surface area contributed by atoms with Crippen molar-refractivity contribution in [1.82, 2.24) is 15.3 Å². The molecule has 112 valence electrons. The average Bonchev–Trinajstić information content (AvgIpc) is 2.41. The summed E-state index contributed by atoms with van der Waals surface area (Å²) < 4.78 is 0. The number of aromatic nitrogens is 2. The molecule has 0 aliphatic rings. The van der Waals surface area contributed by atoms with Crippen molar-refractivity contribution in [3.63, 3.8) is 0 Å². The first-order valence-electron chi connectivity index (χ1n) is 7.03. The van der Waals surface area contributed by atoms with Gasteiger partial charge >= 0.3 is 0 Å². The van der Waals surface area contributed by atoms with Gasteiger partial charge in [0.05, 0.1) is 5.69 Å². The lowest BCUT2D eigenvalue weighted by Crippen LogP contribution is -2.20. The Morgan fingerprint density at radius 1 is 1.10 bits per heavy atom. The summed E-state index contributed by atoms with van der Waals surface area (Å²) in [6.45, 7) is 7.83. The predicted molar refractivity (Wildman–Crippen MR) is 82.1 cm³/mol. The van der Waals surface area contributed by atoms with Crippen molar-refractivity contribution in [2.45, 2.75) is 27.3 Å². The molecular formula is C16H21N3O2. The molecule has 21 heavy (non-hydrogen) atoms. The zero-order valence-corrected chi connectivity index (χ0v) is 12.6. The molecule has 5 heteroatoms. The minimum atomic E-state index is -0.169. The standard InChI is InChI=1S/C16H21N3O2/c1-10(2)8-17-9-13-6-11(3)18-16(19-13)12-4-5-14(20)15(21)7-12/h4-7,10,17,20-21H,8-9H2,1-3H3. The van der Waals surface area contributed by atoms with Gasteiger partial charge in [0.1, 0.15) is 0 Å². The maximum Gasteiger partial charge on any atom is 0.159 e. The second kappa shape index (κ2) is 6.54. The fraction of sp³-hybridized carbons (Fsp3) is 0.375. The summed E-state index contributed by atoms with van der Waals surface area (Å²) in [6, 6.07) is 6.54. The summed E-state index contributed by atoms with van der Waals surface area (Å²) in [5.41, 5.74) is 2.46. The lowest BCUT2D eigenvalue weighted by Gasteiger charge is -2.09. The SMILES string of the molecule is Cc1cc(CNCC(C)C)nc(-c2ccc(O)c(O)c2)n1. The first-order valence-corrected chi connectivity index (χ1v) is 7.03. The lowest BCUT2D eigenvalue weighted by atomic mass is 10.1. The number of phenols is 2. The average molecular weight is 287 g/mol. The Balaban J connectivity index is 2.23. The van der Waals surface area contributed by atoms with E-state index in [1.54, 1.807) is 6.07 Å². The molecule has 5 nitrogen and oxygen atoms in total. The van der Waals surface area contributed by atoms with Crippen LogP contribution in [-0.2, 0) is 6.54 Å². The van der Waals surface area contributed by atoms with Gasteiger partial charge in [-0.15, -0.1) is 0 Å². The molecule has 0 saturated heterocycles. The smallest absolute Gasteiger partial charge is 0.159 e. The van der Waals surface area contributed by atoms with Crippen LogP contribution in [0.15, 0.2) is 24.3 Å². The summed E-state index contributed by atoms with van der Waals surface area (Å²) in [7, 11) is 0. The van der Waals surface area contributed by atoms with Gasteiger partial charge in [-0.2, -0.15) is 0 Å². The molecule has 0 unspecified atom stereocenters. The van der Waals surface area contributed by atoms with Crippen LogP contribution in [0.2, 0.25) is 0 Å². The van der Waals surface area contributed by atoms with Gasteiger partial charge in [-0.25, -0.2) is 9.97 Å². The molecule has 0 bridgehead atoms. The van der Waals surface area contributed by atoms with Crippen LogP contribution in [0.3, 0.4) is 0 Å². The molecule has 1 aromatic carbocycles. The van der Waals surface area contributed by atoms with Gasteiger partial charge in [-0.05, 0) is 43.7 Å². The van der Waals surface area contributed by atoms with E-state index in [1.807, 2.05) is 13.0 Å². The third-order valence-electron chi connectivity index (χ3n) is 3.00. The Morgan fingerprint density at radius 2 is 1.86 bits per heavy atom. The largest absolute Gasteiger partial charge is 0.504 e. The highest BCUT2D eigenvalue weighted by atomic mass is 16.3. The number of aromatic hydroxyl groups is 2. The molecule has 0 radical (unpaired) electrons. The van der Waals surface area contributed by atoms with Gasteiger partial charge in [-0.1, -0.05) is 13.8 Å². The summed E-state index contributed by atoms with van der Waals surface area (Å²) in [6.07, 6.45) is 0. The Morgan fingerprint density at radius 3 is 2.52 bits per heavy atom. The molecule has 0 aliphatic heterocycles. The predicted octanol–water partition coefficient (Wildman–Crippen LogP) is 2.61. The number of hydrogen-bond donors (Lipinski definition) is 3. The molecule has 0 atom stereocenters. The van der Waals surface area contributed by atoms with Crippen LogP contribution in [0.4, 0.5) is 0 Å². The molecule has 0 aliphatic carbocycles. The Labute approximate surface area is 124 Å². The van der Waals surface area contributed by atoms with E-state index in [0.29, 0.717) is 23.9 Å². The van der Waals surface area contributed by atoms with Crippen molar-refractivity contribution in [1.29, 1.82) is 0 Å². The molecule has 2 aromatic rings. The molecule has 1 heterocycles. The van der Waals surface area contributed by atoms with Gasteiger partial charge < -0.3 is 15.5 Å². The quantitative estimate of drug-likeness (QED) is 0.737. The van der Waals surface area contributed by atoms with Gasteiger partial charge in [-0.3, -0.25) is 0 Å². The number of phenolic OH excluding ortho intramolecular Hbond substituents is 2. The molecular weight excluding hydrogens is 266 g/mol. The maximum absolute atomic E-state index is 9.58. The highest BCUT2D eigenvalue weighted by Gasteiger charge is 2.08. The number of benzene rings is 1. The second-order valence-electron chi connectivity index (χ2n) is 5.55. The van der Waals surface area contributed by atoms with Crippen molar-refractivity contribution < 1.29 is 10.2 Å². The fourth-order valence-corrected chi connectivity index (χ4v) is 2.00. The lowest BCUT2D eigenvalue weighted by molar-refractivity contribution is 0.404. The number of rotatable bonds is 5. The number of hydrogen-bond acceptors (Lipinski definition) is 5. The van der Waals surface area contributed by atoms with Crippen LogP contribution < -0.4 is 5.32 Å². The van der Waals surface area contributed by atoms with Crippen LogP contribution in [0.5, 0.6) is 11.5 Å². The van der Waals surface area contributed by atoms with Crippen LogP contribution in [0, 0.1) is 12.8 Å². The molecule has 3 N–H and O–H groups in total. The third kappa shape index (κ3) is 4.16. The van der Waals surface area contributed by atoms with Gasteiger partial charge in [0.25, 0.3) is 0 Å². The summed E-state index contributed by atoms with van der Waals surface area (Å²) in [5.74, 6) is 0.815. The van der Waals surface area contributed by atoms with Crippen molar-refractivity contribution in [2.75, 3.05) is 6.54 Å². The van der Waals surface area contributed by atoms with Crippen LogP contribution in [0.1, 0.15) is 25.2 Å². The fourth-order valence-electron chi connectivity index (χ4n) is 2.00. The Kier molecular flexibility index (Phi) is 4.75. The first kappa shape index (κ1) is 15.3. The van der Waals surface area contributed by atoms with Crippen LogP contribution in [0.25, 0.3) is 11.4 Å². The van der Waals surface area contributed by atoms with Crippen molar-refractivity contribution in [3.8, 4) is 22.9 Å². The van der Waals surface area contributed by atoms with Gasteiger partial charge in [0.15, 0.2) is 17.3 Å². The van der Waals surface area contributed by atoms with Gasteiger partial charge in [0.2, 0.25) is 0 Å². The van der Waals surface area contributed by atoms with E-state index in [-0.39, 0.29) is 11.5 Å². The van der Waals surface area contributed by atoms with E-state index in [1.165, 1.54) is 12.1 Å². The second-order valence-corrected chi connectivity index (χ2v) is 5.55. The highest BCUT2D eigenvalue weighted by molar-refractivity contribution is 5.60. The number of aryl methyl sites for hydroxylation is 1. The van der Waals surface area contributed by atoms with E-state index >= 15 is 0 Å². The van der Waals surface area contributed by atoms with Crippen molar-refractivity contribution >= 4 is 0 Å². The molecule has 1 aromatic heterocycles. The van der Waals surface area contributed by atoms with Crippen molar-refractivity contribution in [3.05, 3.63) is 35.7 Å². The topological polar surface area (TPSA) is 78.3 Å². The summed E-state index contributed by atoms with van der Waals surface area (Å²) in [4.78, 5) is 8.89. The Hall–Kier alpha value is -2.14. The zero-order chi connectivity index (χ0) is 15.4.